The largest absolute Gasteiger partial charge is 0.438 e. The molecule has 0 aromatic carbocycles. The minimum atomic E-state index is -4.49. The van der Waals surface area contributed by atoms with Crippen LogP contribution in [0.5, 0.6) is 0 Å². The van der Waals surface area contributed by atoms with Crippen molar-refractivity contribution in [3.63, 3.8) is 0 Å². The van der Waals surface area contributed by atoms with Gasteiger partial charge in [0, 0.05) is 13.0 Å². The molecule has 0 aromatic rings. The molecule has 5 amide bonds. The van der Waals surface area contributed by atoms with Crippen molar-refractivity contribution in [2.24, 2.45) is 4.99 Å². The van der Waals surface area contributed by atoms with E-state index in [1.807, 2.05) is 0 Å². The zero-order chi connectivity index (χ0) is 34.7. The van der Waals surface area contributed by atoms with Gasteiger partial charge in [-0.05, 0) is 19.8 Å². The van der Waals surface area contributed by atoms with Crippen molar-refractivity contribution < 1.29 is 36.7 Å². The average Bonchev–Trinajstić information content (AvgIpc) is 3.34. The standard InChI is InChI=1S/C33H59N4O8PS/c1-4-6-8-10-12-14-15-16-18-20-22-24-26-47(43,44)37-32(40)36(46(41)42)30(38)29-33(37,35-31(39)34-29)27-28(3)45-25-23-21-19-17-13-11-9-7-5-2/h28H,4-27H2,1-3H3,(H,35,39). The molecule has 0 radical (unpaired) electrons. The second-order valence-electron chi connectivity index (χ2n) is 13.1. The summed E-state index contributed by atoms with van der Waals surface area (Å²) in [5, 5.41) is 2.42. The van der Waals surface area contributed by atoms with Gasteiger partial charge < -0.3 is 10.1 Å². The Morgan fingerprint density at radius 1 is 0.745 bits per heavy atom. The van der Waals surface area contributed by atoms with Gasteiger partial charge in [0.05, 0.1) is 11.9 Å². The number of amides is 5. The summed E-state index contributed by atoms with van der Waals surface area (Å²) in [6.45, 7) is 6.43. The molecule has 0 bridgehead atoms. The lowest BCUT2D eigenvalue weighted by Gasteiger charge is -2.44. The number of nitrogens with one attached hydrogen (secondary N) is 1. The molecule has 270 valence electrons. The highest BCUT2D eigenvalue weighted by atomic mass is 32.2. The first-order valence-corrected chi connectivity index (χ1v) is 20.8. The van der Waals surface area contributed by atoms with Crippen molar-refractivity contribution in [1.29, 1.82) is 0 Å². The lowest BCUT2D eigenvalue weighted by atomic mass is 9.95. The van der Waals surface area contributed by atoms with E-state index in [9.17, 15) is 31.9 Å². The third kappa shape index (κ3) is 13.0. The minimum absolute atomic E-state index is 0.153. The van der Waals surface area contributed by atoms with E-state index in [1.54, 1.807) is 6.92 Å². The van der Waals surface area contributed by atoms with E-state index in [4.69, 9.17) is 4.74 Å². The Labute approximate surface area is 283 Å². The Bertz CT molecular complexity index is 1200. The maximum Gasteiger partial charge on any atom is 0.438 e. The number of rotatable bonds is 28. The summed E-state index contributed by atoms with van der Waals surface area (Å²) < 4.78 is 57.6. The van der Waals surface area contributed by atoms with Crippen LogP contribution in [-0.4, -0.2) is 65.2 Å². The Hall–Kier alpha value is -2.11. The molecule has 2 atom stereocenters. The number of carbonyl (C=O) groups excluding carboxylic acids is 3. The fraction of sp³-hybridized carbons (Fsp3) is 0.879. The third-order valence-corrected chi connectivity index (χ3v) is 11.5. The zero-order valence-corrected chi connectivity index (χ0v) is 30.7. The van der Waals surface area contributed by atoms with Crippen LogP contribution in [0.4, 0.5) is 9.59 Å². The molecule has 2 rings (SSSR count). The van der Waals surface area contributed by atoms with Crippen LogP contribution >= 0.6 is 7.83 Å². The quantitative estimate of drug-likeness (QED) is 0.0627. The summed E-state index contributed by atoms with van der Waals surface area (Å²) in [5.74, 6) is -1.79. The molecule has 12 nitrogen and oxygen atoms in total. The number of nitrogens with zero attached hydrogens (tertiary/aromatic N) is 3. The van der Waals surface area contributed by atoms with E-state index >= 15 is 0 Å². The van der Waals surface area contributed by atoms with Crippen molar-refractivity contribution in [3.8, 4) is 0 Å². The fourth-order valence-corrected chi connectivity index (χ4v) is 8.67. The van der Waals surface area contributed by atoms with Crippen LogP contribution in [0, 0.1) is 0 Å². The van der Waals surface area contributed by atoms with Gasteiger partial charge in [0.15, 0.2) is 11.4 Å². The van der Waals surface area contributed by atoms with Crippen molar-refractivity contribution >= 4 is 41.5 Å². The van der Waals surface area contributed by atoms with Gasteiger partial charge in [-0.1, -0.05) is 136 Å². The van der Waals surface area contributed by atoms with E-state index in [1.165, 1.54) is 70.6 Å². The molecule has 47 heavy (non-hydrogen) atoms. The number of carbonyl (C=O) groups is 3. The Morgan fingerprint density at radius 2 is 1.19 bits per heavy atom. The molecule has 2 heterocycles. The molecular formula is C33H59N4O8PS. The molecular weight excluding hydrogens is 643 g/mol. The molecule has 0 aliphatic carbocycles. The van der Waals surface area contributed by atoms with Crippen LogP contribution in [0.3, 0.4) is 0 Å². The van der Waals surface area contributed by atoms with Crippen LogP contribution in [0.25, 0.3) is 0 Å². The topological polar surface area (TPSA) is 160 Å². The number of hydrogen-bond acceptors (Lipinski definition) is 8. The van der Waals surface area contributed by atoms with Crippen molar-refractivity contribution in [1.82, 2.24) is 14.3 Å². The highest BCUT2D eigenvalue weighted by Crippen LogP contribution is 2.38. The summed E-state index contributed by atoms with van der Waals surface area (Å²) in [4.78, 5) is 42.7. The smallest absolute Gasteiger partial charge is 0.378 e. The Balaban J connectivity index is 1.99. The van der Waals surface area contributed by atoms with Crippen LogP contribution < -0.4 is 5.32 Å². The maximum absolute atomic E-state index is 13.8. The van der Waals surface area contributed by atoms with Crippen LogP contribution in [0.1, 0.15) is 162 Å². The van der Waals surface area contributed by atoms with E-state index < -0.39 is 59.1 Å². The molecule has 2 aliphatic rings. The minimum Gasteiger partial charge on any atom is -0.378 e. The van der Waals surface area contributed by atoms with Gasteiger partial charge in [0.1, 0.15) is 0 Å². The SMILES string of the molecule is CCCCCCCCCCCCCCS(=O)(=O)N1C(=O)N(P(=O)=O)C(=O)C2=NC(=O)NC21CC(C)OCCCCCCCCCCC. The highest BCUT2D eigenvalue weighted by Gasteiger charge is 2.64. The third-order valence-electron chi connectivity index (χ3n) is 8.95. The van der Waals surface area contributed by atoms with Gasteiger partial charge in [0.25, 0.3) is 5.91 Å². The highest BCUT2D eigenvalue weighted by molar-refractivity contribution is 7.89. The summed E-state index contributed by atoms with van der Waals surface area (Å²) in [6.07, 6.45) is 21.6. The number of fused-ring (bicyclic) bond motifs is 1. The molecule has 0 aromatic heterocycles. The van der Waals surface area contributed by atoms with Crippen molar-refractivity contribution in [2.75, 3.05) is 12.4 Å². The first kappa shape index (κ1) is 41.1. The normalized spacial score (nSPS) is 18.8. The Kier molecular flexibility index (Phi) is 19.0. The second kappa shape index (κ2) is 21.8. The summed E-state index contributed by atoms with van der Waals surface area (Å²) in [7, 11) is -8.32. The monoisotopic (exact) mass is 702 g/mol. The van der Waals surface area contributed by atoms with Gasteiger partial charge >= 0.3 is 19.9 Å². The van der Waals surface area contributed by atoms with E-state index in [0.717, 1.165) is 51.4 Å². The van der Waals surface area contributed by atoms with Gasteiger partial charge in [-0.2, -0.15) is 9.30 Å². The number of unbranched alkanes of at least 4 members (excludes halogenated alkanes) is 19. The molecule has 1 saturated heterocycles. The number of hydrogen-bond donors (Lipinski definition) is 1. The number of urea groups is 2. The van der Waals surface area contributed by atoms with E-state index in [2.05, 4.69) is 24.2 Å². The first-order valence-electron chi connectivity index (χ1n) is 18.1. The molecule has 2 aliphatic heterocycles. The summed E-state index contributed by atoms with van der Waals surface area (Å²) in [5.41, 5.74) is -2.81. The maximum atomic E-state index is 13.8. The number of imide groups is 1. The predicted octanol–water partition coefficient (Wildman–Crippen LogP) is 8.56. The van der Waals surface area contributed by atoms with Crippen LogP contribution in [-0.2, 0) is 28.7 Å². The fourth-order valence-electron chi connectivity index (χ4n) is 6.39. The van der Waals surface area contributed by atoms with Gasteiger partial charge in [0.2, 0.25) is 10.0 Å². The number of aliphatic imine (C=N–C) groups is 1. The van der Waals surface area contributed by atoms with Gasteiger partial charge in [-0.25, -0.2) is 27.1 Å². The molecule has 0 saturated carbocycles. The van der Waals surface area contributed by atoms with E-state index in [-0.39, 0.29) is 17.5 Å². The van der Waals surface area contributed by atoms with Gasteiger partial charge in [-0.15, -0.1) is 4.67 Å². The predicted molar refractivity (Wildman–Crippen MR) is 183 cm³/mol. The number of sulfonamides is 1. The van der Waals surface area contributed by atoms with Crippen molar-refractivity contribution in [2.45, 2.75) is 174 Å². The molecule has 0 spiro atoms. The van der Waals surface area contributed by atoms with E-state index in [0.29, 0.717) is 17.3 Å². The Morgan fingerprint density at radius 3 is 1.66 bits per heavy atom. The lowest BCUT2D eigenvalue weighted by Crippen LogP contribution is -2.74. The molecule has 14 heteroatoms. The summed E-state index contributed by atoms with van der Waals surface area (Å²) in [6, 6.07) is -2.57. The molecule has 1 fully saturated rings. The summed E-state index contributed by atoms with van der Waals surface area (Å²) >= 11 is 0. The van der Waals surface area contributed by atoms with Crippen LogP contribution in [0.2, 0.25) is 0 Å². The average molecular weight is 703 g/mol. The first-order chi connectivity index (χ1) is 22.5. The molecule has 1 N–H and O–H groups in total. The van der Waals surface area contributed by atoms with Crippen LogP contribution in [0.15, 0.2) is 4.99 Å². The number of ether oxygens (including phenoxy) is 1. The molecule has 2 unspecified atom stereocenters. The second-order valence-corrected chi connectivity index (χ2v) is 15.9. The lowest BCUT2D eigenvalue weighted by molar-refractivity contribution is -0.120. The van der Waals surface area contributed by atoms with Gasteiger partial charge in [-0.3, -0.25) is 4.79 Å². The zero-order valence-electron chi connectivity index (χ0n) is 29.0. The van der Waals surface area contributed by atoms with Crippen molar-refractivity contribution in [3.05, 3.63) is 0 Å².